The van der Waals surface area contributed by atoms with E-state index in [1.165, 1.54) is 5.56 Å². The molecule has 0 spiro atoms. The molecule has 3 aliphatic heterocycles. The number of anilines is 1. The first-order chi connectivity index (χ1) is 14.5. The number of aryl methyl sites for hydroxylation is 1. The molecule has 2 aromatic rings. The molecule has 1 amide bonds. The Hall–Kier alpha value is -2.67. The monoisotopic (exact) mass is 423 g/mol. The summed E-state index contributed by atoms with van der Waals surface area (Å²) >= 11 is 0. The summed E-state index contributed by atoms with van der Waals surface area (Å²) < 4.78 is 28.8. The molecule has 30 heavy (non-hydrogen) atoms. The summed E-state index contributed by atoms with van der Waals surface area (Å²) in [7, 11) is -3.62. The second-order valence-corrected chi connectivity index (χ2v) is 9.80. The molecule has 1 fully saturated rings. The van der Waals surface area contributed by atoms with Gasteiger partial charge in [-0.15, -0.1) is 4.40 Å². The lowest BCUT2D eigenvalue weighted by Crippen LogP contribution is -2.44. The van der Waals surface area contributed by atoms with Gasteiger partial charge in [-0.05, 0) is 55.9 Å². The van der Waals surface area contributed by atoms with Crippen molar-refractivity contribution in [2.45, 2.75) is 37.0 Å². The van der Waals surface area contributed by atoms with Gasteiger partial charge in [0.25, 0.3) is 10.0 Å². The van der Waals surface area contributed by atoms with E-state index < -0.39 is 10.0 Å². The summed E-state index contributed by atoms with van der Waals surface area (Å²) in [5, 5.41) is 0. The number of nitrogens with zero attached hydrogens (tertiary/aromatic N) is 3. The van der Waals surface area contributed by atoms with Crippen LogP contribution in [-0.4, -0.2) is 44.7 Å². The van der Waals surface area contributed by atoms with Gasteiger partial charge in [-0.25, -0.2) is 0 Å². The minimum Gasteiger partial charge on any atom is -0.355 e. The topological polar surface area (TPSA) is 70.0 Å². The maximum Gasteiger partial charge on any atom is 0.285 e. The molecule has 6 nitrogen and oxygen atoms in total. The van der Waals surface area contributed by atoms with Crippen molar-refractivity contribution >= 4 is 27.5 Å². The third-order valence-corrected chi connectivity index (χ3v) is 7.71. The van der Waals surface area contributed by atoms with E-state index in [9.17, 15) is 13.2 Å². The van der Waals surface area contributed by atoms with Crippen LogP contribution in [0.4, 0.5) is 5.69 Å². The maximum atomic E-state index is 13.4. The van der Waals surface area contributed by atoms with Crippen LogP contribution in [0.15, 0.2) is 57.8 Å². The predicted molar refractivity (Wildman–Crippen MR) is 116 cm³/mol. The summed E-state index contributed by atoms with van der Waals surface area (Å²) in [5.41, 5.74) is 2.98. The van der Waals surface area contributed by atoms with Crippen LogP contribution in [-0.2, 0) is 21.2 Å². The van der Waals surface area contributed by atoms with Crippen LogP contribution in [0.1, 0.15) is 36.8 Å². The third-order valence-electron chi connectivity index (χ3n) is 6.38. The van der Waals surface area contributed by atoms with E-state index in [4.69, 9.17) is 0 Å². The van der Waals surface area contributed by atoms with Gasteiger partial charge in [0.05, 0.1) is 0 Å². The number of benzene rings is 2. The van der Waals surface area contributed by atoms with E-state index in [1.807, 2.05) is 34.1 Å². The number of sulfonamides is 1. The summed E-state index contributed by atoms with van der Waals surface area (Å²) in [6, 6.07) is 15.2. The van der Waals surface area contributed by atoms with Crippen molar-refractivity contribution in [2.24, 2.45) is 10.3 Å². The molecule has 0 unspecified atom stereocenters. The minimum atomic E-state index is -3.62. The maximum absolute atomic E-state index is 13.4. The molecule has 3 aliphatic rings. The van der Waals surface area contributed by atoms with Crippen molar-refractivity contribution in [3.8, 4) is 0 Å². The van der Waals surface area contributed by atoms with Crippen molar-refractivity contribution in [3.05, 3.63) is 59.7 Å². The van der Waals surface area contributed by atoms with E-state index in [0.29, 0.717) is 37.3 Å². The smallest absolute Gasteiger partial charge is 0.285 e. The van der Waals surface area contributed by atoms with Gasteiger partial charge in [0.1, 0.15) is 4.90 Å². The van der Waals surface area contributed by atoms with Gasteiger partial charge in [0.15, 0.2) is 5.84 Å². The van der Waals surface area contributed by atoms with Crippen LogP contribution < -0.4 is 4.90 Å². The lowest BCUT2D eigenvalue weighted by molar-refractivity contribution is -0.123. The largest absolute Gasteiger partial charge is 0.355 e. The molecule has 0 atom stereocenters. The van der Waals surface area contributed by atoms with E-state index in [-0.39, 0.29) is 16.7 Å². The van der Waals surface area contributed by atoms with E-state index >= 15 is 0 Å². The van der Waals surface area contributed by atoms with Crippen molar-refractivity contribution in [2.75, 3.05) is 24.5 Å². The summed E-state index contributed by atoms with van der Waals surface area (Å²) in [6.07, 6.45) is 4.56. The number of amidine groups is 1. The molecule has 0 radical (unpaired) electrons. The average Bonchev–Trinajstić information content (AvgIpc) is 2.91. The highest BCUT2D eigenvalue weighted by Gasteiger charge is 2.36. The van der Waals surface area contributed by atoms with Gasteiger partial charge in [-0.1, -0.05) is 30.3 Å². The summed E-state index contributed by atoms with van der Waals surface area (Å²) in [4.78, 5) is 17.7. The molecular weight excluding hydrogens is 398 g/mol. The normalized spacial score (nSPS) is 20.9. The Bertz CT molecular complexity index is 1120. The van der Waals surface area contributed by atoms with Crippen LogP contribution in [0.2, 0.25) is 0 Å². The number of amides is 1. The fourth-order valence-corrected chi connectivity index (χ4v) is 6.02. The van der Waals surface area contributed by atoms with Crippen molar-refractivity contribution in [1.82, 2.24) is 4.90 Å². The number of likely N-dealkylation sites (tertiary alicyclic amines) is 1. The van der Waals surface area contributed by atoms with Gasteiger partial charge in [-0.2, -0.15) is 8.42 Å². The second kappa shape index (κ2) is 7.54. The SMILES string of the molecule is O=C(C1CCN(C2=NS(=O)(=O)c3ccccc32)CC1)N1CCCCc2ccccc21. The molecule has 7 heteroatoms. The molecule has 156 valence electrons. The Labute approximate surface area is 177 Å². The lowest BCUT2D eigenvalue weighted by atomic mass is 9.94. The summed E-state index contributed by atoms with van der Waals surface area (Å²) in [6.45, 7) is 2.04. The number of hydrogen-bond acceptors (Lipinski definition) is 4. The number of hydrogen-bond donors (Lipinski definition) is 0. The fraction of sp³-hybridized carbons (Fsp3) is 0.391. The zero-order valence-corrected chi connectivity index (χ0v) is 17.6. The highest BCUT2D eigenvalue weighted by molar-refractivity contribution is 7.90. The Balaban J connectivity index is 1.32. The average molecular weight is 424 g/mol. The highest BCUT2D eigenvalue weighted by Crippen LogP contribution is 2.32. The fourth-order valence-electron chi connectivity index (χ4n) is 4.80. The number of piperidine rings is 1. The molecule has 0 aliphatic carbocycles. The first-order valence-electron chi connectivity index (χ1n) is 10.6. The third kappa shape index (κ3) is 3.31. The van der Waals surface area contributed by atoms with Crippen molar-refractivity contribution in [3.63, 3.8) is 0 Å². The van der Waals surface area contributed by atoms with Crippen molar-refractivity contribution < 1.29 is 13.2 Å². The molecule has 0 N–H and O–H groups in total. The van der Waals surface area contributed by atoms with Gasteiger partial charge in [0, 0.05) is 36.8 Å². The van der Waals surface area contributed by atoms with Crippen LogP contribution in [0.5, 0.6) is 0 Å². The molecule has 5 rings (SSSR count). The van der Waals surface area contributed by atoms with Crippen LogP contribution in [0, 0.1) is 5.92 Å². The minimum absolute atomic E-state index is 0.0405. The number of fused-ring (bicyclic) bond motifs is 2. The van der Waals surface area contributed by atoms with Crippen LogP contribution in [0.25, 0.3) is 0 Å². The number of rotatable bonds is 1. The molecule has 2 aromatic carbocycles. The molecule has 3 heterocycles. The zero-order valence-electron chi connectivity index (χ0n) is 16.8. The van der Waals surface area contributed by atoms with E-state index in [1.54, 1.807) is 12.1 Å². The van der Waals surface area contributed by atoms with Gasteiger partial charge >= 0.3 is 0 Å². The van der Waals surface area contributed by atoms with Gasteiger partial charge < -0.3 is 9.80 Å². The number of para-hydroxylation sites is 1. The van der Waals surface area contributed by atoms with E-state index in [0.717, 1.165) is 31.5 Å². The molecule has 0 bridgehead atoms. The number of carbonyl (C=O) groups excluding carboxylic acids is 1. The van der Waals surface area contributed by atoms with Gasteiger partial charge in [-0.3, -0.25) is 4.79 Å². The summed E-state index contributed by atoms with van der Waals surface area (Å²) in [5.74, 6) is 0.684. The Morgan fingerprint density at radius 2 is 1.67 bits per heavy atom. The Morgan fingerprint density at radius 3 is 2.50 bits per heavy atom. The zero-order chi connectivity index (χ0) is 20.7. The Morgan fingerprint density at radius 1 is 0.933 bits per heavy atom. The van der Waals surface area contributed by atoms with Gasteiger partial charge in [0.2, 0.25) is 5.91 Å². The van der Waals surface area contributed by atoms with E-state index in [2.05, 4.69) is 16.5 Å². The molecule has 0 aromatic heterocycles. The number of carbonyl (C=O) groups is 1. The lowest BCUT2D eigenvalue weighted by Gasteiger charge is -2.35. The molecule has 0 saturated carbocycles. The van der Waals surface area contributed by atoms with Crippen molar-refractivity contribution in [1.29, 1.82) is 0 Å². The predicted octanol–water partition coefficient (Wildman–Crippen LogP) is 3.22. The van der Waals surface area contributed by atoms with Crippen LogP contribution in [0.3, 0.4) is 0 Å². The standard InChI is InChI=1S/C23H25N3O3S/c27-23(26-14-6-5-8-17-7-1-3-10-20(17)26)18-12-15-25(16-13-18)22-19-9-2-4-11-21(19)30(28,29)24-22/h1-4,7,9-11,18H,5-6,8,12-16H2. The second-order valence-electron chi connectivity index (χ2n) is 8.22. The molecule has 1 saturated heterocycles. The molecular formula is C23H25N3O3S. The Kier molecular flexibility index (Phi) is 4.85. The van der Waals surface area contributed by atoms with Crippen LogP contribution >= 0.6 is 0 Å². The first-order valence-corrected chi connectivity index (χ1v) is 12.1. The first kappa shape index (κ1) is 19.3. The quantitative estimate of drug-likeness (QED) is 0.706. The highest BCUT2D eigenvalue weighted by atomic mass is 32.2.